The van der Waals surface area contributed by atoms with Crippen LogP contribution in [0.2, 0.25) is 5.02 Å². The minimum absolute atomic E-state index is 0.188. The minimum atomic E-state index is -0.339. The summed E-state index contributed by atoms with van der Waals surface area (Å²) < 4.78 is 10.1. The minimum Gasteiger partial charge on any atom is -0.496 e. The average molecular weight is 300 g/mol. The molecule has 0 aromatic heterocycles. The third-order valence-corrected chi connectivity index (χ3v) is 3.66. The lowest BCUT2D eigenvalue weighted by atomic mass is 9.99. The van der Waals surface area contributed by atoms with Gasteiger partial charge in [0.2, 0.25) is 0 Å². The summed E-state index contributed by atoms with van der Waals surface area (Å²) in [5.74, 6) is 0.683. The summed E-state index contributed by atoms with van der Waals surface area (Å²) in [6.07, 6.45) is 0.888. The molecule has 2 atom stereocenters. The Bertz CT molecular complexity index is 451. The monoisotopic (exact) mass is 299 g/mol. The van der Waals surface area contributed by atoms with Gasteiger partial charge in [0.05, 0.1) is 14.2 Å². The van der Waals surface area contributed by atoms with Crippen LogP contribution < -0.4 is 10.1 Å². The summed E-state index contributed by atoms with van der Waals surface area (Å²) in [4.78, 5) is 11.8. The van der Waals surface area contributed by atoms with Gasteiger partial charge in [-0.2, -0.15) is 0 Å². The van der Waals surface area contributed by atoms with E-state index in [0.717, 1.165) is 17.7 Å². The number of halogens is 1. The maximum Gasteiger partial charge on any atom is 0.323 e. The van der Waals surface area contributed by atoms with Crippen molar-refractivity contribution in [3.8, 4) is 5.75 Å². The zero-order valence-electron chi connectivity index (χ0n) is 12.4. The molecule has 0 bridgehead atoms. The first-order valence-corrected chi connectivity index (χ1v) is 7.04. The molecule has 1 N–H and O–H groups in total. The standard InChI is InChI=1S/C15H22ClNO3/c1-5-10(2)14(15(18)20-4)17-9-11-8-12(16)6-7-13(11)19-3/h6-8,10,14,17H,5,9H2,1-4H3. The predicted octanol–water partition coefficient (Wildman–Crippen LogP) is 3.03. The van der Waals surface area contributed by atoms with Gasteiger partial charge in [0.15, 0.2) is 0 Å². The van der Waals surface area contributed by atoms with E-state index in [0.29, 0.717) is 11.6 Å². The number of hydrogen-bond acceptors (Lipinski definition) is 4. The van der Waals surface area contributed by atoms with E-state index >= 15 is 0 Å². The predicted molar refractivity (Wildman–Crippen MR) is 80.1 cm³/mol. The molecule has 5 heteroatoms. The number of esters is 1. The quantitative estimate of drug-likeness (QED) is 0.786. The first kappa shape index (κ1) is 16.8. The summed E-state index contributed by atoms with van der Waals surface area (Å²) in [7, 11) is 3.01. The molecule has 4 nitrogen and oxygen atoms in total. The summed E-state index contributed by atoms with van der Waals surface area (Å²) in [5, 5.41) is 3.87. The van der Waals surface area contributed by atoms with Crippen molar-refractivity contribution in [1.29, 1.82) is 0 Å². The van der Waals surface area contributed by atoms with Gasteiger partial charge in [-0.25, -0.2) is 0 Å². The number of methoxy groups -OCH3 is 2. The van der Waals surface area contributed by atoms with Crippen LogP contribution in [0.25, 0.3) is 0 Å². The Balaban J connectivity index is 2.81. The molecule has 0 fully saturated rings. The van der Waals surface area contributed by atoms with E-state index in [1.165, 1.54) is 7.11 Å². The topological polar surface area (TPSA) is 47.6 Å². The van der Waals surface area contributed by atoms with Gasteiger partial charge in [0.25, 0.3) is 0 Å². The first-order chi connectivity index (χ1) is 9.53. The Kier molecular flexibility index (Phi) is 6.82. The van der Waals surface area contributed by atoms with Crippen LogP contribution in [0.4, 0.5) is 0 Å². The summed E-state index contributed by atoms with van der Waals surface area (Å²) in [5.41, 5.74) is 0.914. The Hall–Kier alpha value is -1.26. The van der Waals surface area contributed by atoms with Crippen molar-refractivity contribution in [2.75, 3.05) is 14.2 Å². The number of carbonyl (C=O) groups is 1. The fourth-order valence-electron chi connectivity index (χ4n) is 1.98. The molecule has 1 aromatic rings. The Morgan fingerprint density at radius 3 is 2.65 bits per heavy atom. The number of carbonyl (C=O) groups excluding carboxylic acids is 1. The average Bonchev–Trinajstić information content (AvgIpc) is 2.46. The van der Waals surface area contributed by atoms with Crippen LogP contribution in [0, 0.1) is 5.92 Å². The third kappa shape index (κ3) is 4.39. The van der Waals surface area contributed by atoms with Gasteiger partial charge in [0, 0.05) is 17.1 Å². The molecule has 0 radical (unpaired) electrons. The molecule has 0 saturated heterocycles. The third-order valence-electron chi connectivity index (χ3n) is 3.42. The first-order valence-electron chi connectivity index (χ1n) is 6.67. The second-order valence-corrected chi connectivity index (χ2v) is 5.16. The molecule has 112 valence electrons. The van der Waals surface area contributed by atoms with E-state index in [-0.39, 0.29) is 17.9 Å². The SMILES string of the molecule is CCC(C)C(NCc1cc(Cl)ccc1OC)C(=O)OC. The molecule has 2 unspecified atom stereocenters. The van der Waals surface area contributed by atoms with E-state index in [1.807, 2.05) is 26.0 Å². The number of ether oxygens (including phenoxy) is 2. The molecular weight excluding hydrogens is 278 g/mol. The lowest BCUT2D eigenvalue weighted by Gasteiger charge is -2.22. The number of benzene rings is 1. The van der Waals surface area contributed by atoms with E-state index in [9.17, 15) is 4.79 Å². The van der Waals surface area contributed by atoms with E-state index in [4.69, 9.17) is 21.1 Å². The molecule has 0 spiro atoms. The van der Waals surface area contributed by atoms with Crippen molar-refractivity contribution >= 4 is 17.6 Å². The number of rotatable bonds is 7. The fourth-order valence-corrected chi connectivity index (χ4v) is 2.18. The molecule has 1 rings (SSSR count). The summed E-state index contributed by atoms with van der Waals surface area (Å²) >= 11 is 5.99. The Morgan fingerprint density at radius 2 is 2.10 bits per heavy atom. The van der Waals surface area contributed by atoms with Crippen LogP contribution in [0.1, 0.15) is 25.8 Å². The highest BCUT2D eigenvalue weighted by atomic mass is 35.5. The van der Waals surface area contributed by atoms with Gasteiger partial charge < -0.3 is 9.47 Å². The Morgan fingerprint density at radius 1 is 1.40 bits per heavy atom. The maximum atomic E-state index is 11.8. The second-order valence-electron chi connectivity index (χ2n) is 4.72. The normalized spacial score (nSPS) is 13.7. The molecule has 1 aromatic carbocycles. The lowest BCUT2D eigenvalue weighted by Crippen LogP contribution is -2.42. The summed E-state index contributed by atoms with van der Waals surface area (Å²) in [6.45, 7) is 4.56. The highest BCUT2D eigenvalue weighted by Crippen LogP contribution is 2.23. The van der Waals surface area contributed by atoms with Crippen LogP contribution in [0.5, 0.6) is 5.75 Å². The summed E-state index contributed by atoms with van der Waals surface area (Å²) in [6, 6.07) is 5.08. The van der Waals surface area contributed by atoms with Gasteiger partial charge in [-0.15, -0.1) is 0 Å². The zero-order chi connectivity index (χ0) is 15.1. The second kappa shape index (κ2) is 8.12. The smallest absolute Gasteiger partial charge is 0.323 e. The van der Waals surface area contributed by atoms with Crippen molar-refractivity contribution < 1.29 is 14.3 Å². The van der Waals surface area contributed by atoms with Gasteiger partial charge >= 0.3 is 5.97 Å². The van der Waals surface area contributed by atoms with Gasteiger partial charge in [-0.05, 0) is 24.1 Å². The van der Waals surface area contributed by atoms with E-state index in [2.05, 4.69) is 5.32 Å². The number of hydrogen-bond donors (Lipinski definition) is 1. The van der Waals surface area contributed by atoms with Gasteiger partial charge in [-0.3, -0.25) is 10.1 Å². The van der Waals surface area contributed by atoms with Crippen LogP contribution >= 0.6 is 11.6 Å². The molecule has 0 aliphatic carbocycles. The lowest BCUT2D eigenvalue weighted by molar-refractivity contribution is -0.144. The van der Waals surface area contributed by atoms with Gasteiger partial charge in [-0.1, -0.05) is 31.9 Å². The molecule has 0 aliphatic heterocycles. The molecule has 0 amide bonds. The van der Waals surface area contributed by atoms with Crippen molar-refractivity contribution in [2.24, 2.45) is 5.92 Å². The number of nitrogens with one attached hydrogen (secondary N) is 1. The van der Waals surface area contributed by atoms with Crippen molar-refractivity contribution in [3.63, 3.8) is 0 Å². The van der Waals surface area contributed by atoms with Crippen molar-refractivity contribution in [2.45, 2.75) is 32.9 Å². The fraction of sp³-hybridized carbons (Fsp3) is 0.533. The van der Waals surface area contributed by atoms with E-state index < -0.39 is 0 Å². The highest BCUT2D eigenvalue weighted by molar-refractivity contribution is 6.30. The van der Waals surface area contributed by atoms with E-state index in [1.54, 1.807) is 13.2 Å². The van der Waals surface area contributed by atoms with Crippen LogP contribution in [0.3, 0.4) is 0 Å². The molecule has 20 heavy (non-hydrogen) atoms. The van der Waals surface area contributed by atoms with Crippen molar-refractivity contribution in [3.05, 3.63) is 28.8 Å². The zero-order valence-corrected chi connectivity index (χ0v) is 13.2. The van der Waals surface area contributed by atoms with Crippen molar-refractivity contribution in [1.82, 2.24) is 5.32 Å². The molecule has 0 heterocycles. The largest absolute Gasteiger partial charge is 0.496 e. The van der Waals surface area contributed by atoms with Crippen LogP contribution in [0.15, 0.2) is 18.2 Å². The molecule has 0 aliphatic rings. The molecule has 0 saturated carbocycles. The highest BCUT2D eigenvalue weighted by Gasteiger charge is 2.24. The molecular formula is C15H22ClNO3. The Labute approximate surface area is 125 Å². The van der Waals surface area contributed by atoms with Crippen LogP contribution in [-0.2, 0) is 16.1 Å². The van der Waals surface area contributed by atoms with Gasteiger partial charge in [0.1, 0.15) is 11.8 Å². The maximum absolute atomic E-state index is 11.8. The van der Waals surface area contributed by atoms with Crippen LogP contribution in [-0.4, -0.2) is 26.2 Å².